The fraction of sp³-hybridized carbons (Fsp3) is 1.00. The van der Waals surface area contributed by atoms with Crippen molar-refractivity contribution in [2.45, 2.75) is 128 Å². The number of alkyl halides is 12. The monoisotopic (exact) mass is 648 g/mol. The summed E-state index contributed by atoms with van der Waals surface area (Å²) in [6, 6.07) is 0. The van der Waals surface area contributed by atoms with Crippen LogP contribution < -0.4 is 0 Å². The maximum atomic E-state index is 13.4. The largest absolute Gasteiger partial charge is 0.426 e. The van der Waals surface area contributed by atoms with Gasteiger partial charge < -0.3 is 10.2 Å². The highest BCUT2D eigenvalue weighted by Gasteiger charge is 2.74. The Labute approximate surface area is 243 Å². The molecule has 4 aliphatic rings. The fourth-order valence-electron chi connectivity index (χ4n) is 10.4. The normalized spacial score (nSPS) is 37.0. The lowest BCUT2D eigenvalue weighted by atomic mass is 9.58. The van der Waals surface area contributed by atoms with Crippen molar-refractivity contribution in [2.75, 3.05) is 0 Å². The molecule has 0 saturated heterocycles. The van der Waals surface area contributed by atoms with Gasteiger partial charge in [-0.15, -0.1) is 0 Å². The molecule has 0 amide bonds. The van der Waals surface area contributed by atoms with Gasteiger partial charge in [0.2, 0.25) is 0 Å². The number of aliphatic hydroxyl groups is 2. The molecular formula is C29H40F12O2. The van der Waals surface area contributed by atoms with Gasteiger partial charge in [-0.2, -0.15) is 52.7 Å². The highest BCUT2D eigenvalue weighted by molar-refractivity contribution is 5.17. The van der Waals surface area contributed by atoms with E-state index in [9.17, 15) is 62.9 Å². The van der Waals surface area contributed by atoms with Gasteiger partial charge in [0, 0.05) is 0 Å². The minimum Gasteiger partial charge on any atom is -0.374 e. The molecule has 0 aromatic heterocycles. The summed E-state index contributed by atoms with van der Waals surface area (Å²) in [5, 5.41) is 19.7. The highest BCUT2D eigenvalue weighted by atomic mass is 19.4. The molecule has 0 radical (unpaired) electrons. The summed E-state index contributed by atoms with van der Waals surface area (Å²) in [6.07, 6.45) is -24.6. The Morgan fingerprint density at radius 2 is 0.767 bits per heavy atom. The summed E-state index contributed by atoms with van der Waals surface area (Å²) in [6.45, 7) is 7.67. The Bertz CT molecular complexity index is 928. The van der Waals surface area contributed by atoms with Crippen LogP contribution in [0.1, 0.15) is 91.9 Å². The van der Waals surface area contributed by atoms with Crippen molar-refractivity contribution in [3.8, 4) is 0 Å². The summed E-state index contributed by atoms with van der Waals surface area (Å²) in [5.74, 6) is -2.76. The Hall–Kier alpha value is -0.920. The van der Waals surface area contributed by atoms with E-state index < -0.39 is 76.8 Å². The van der Waals surface area contributed by atoms with E-state index in [1.807, 2.05) is 27.7 Å². The van der Waals surface area contributed by atoms with Crippen LogP contribution in [0.4, 0.5) is 52.7 Å². The van der Waals surface area contributed by atoms with Crippen molar-refractivity contribution in [2.24, 2.45) is 51.8 Å². The molecule has 0 heterocycles. The molecule has 0 aromatic carbocycles. The van der Waals surface area contributed by atoms with Gasteiger partial charge in [0.25, 0.3) is 11.2 Å². The molecule has 4 fully saturated rings. The van der Waals surface area contributed by atoms with Crippen molar-refractivity contribution in [3.63, 3.8) is 0 Å². The second-order valence-corrected chi connectivity index (χ2v) is 15.5. The second-order valence-electron chi connectivity index (χ2n) is 15.5. The van der Waals surface area contributed by atoms with Gasteiger partial charge in [-0.05, 0) is 103 Å². The maximum absolute atomic E-state index is 13.4. The van der Waals surface area contributed by atoms with E-state index in [0.29, 0.717) is 25.7 Å². The van der Waals surface area contributed by atoms with E-state index in [1.165, 1.54) is 0 Å². The van der Waals surface area contributed by atoms with E-state index in [4.69, 9.17) is 0 Å². The van der Waals surface area contributed by atoms with Crippen LogP contribution in [0.25, 0.3) is 0 Å². The number of fused-ring (bicyclic) bond motifs is 4. The quantitative estimate of drug-likeness (QED) is 0.299. The molecule has 4 rings (SSSR count). The third-order valence-electron chi connectivity index (χ3n) is 12.0. The van der Waals surface area contributed by atoms with Crippen LogP contribution in [0.3, 0.4) is 0 Å². The SMILES string of the molecule is CC1(C)CC2(CC(C)(C)C3CC(CC(O)(C(F)(F)F)C(F)(F)F)CCC32)C2CCC(CC(O)(C(F)(F)F)C(F)(F)F)CC21. The van der Waals surface area contributed by atoms with E-state index in [1.54, 1.807) is 0 Å². The van der Waals surface area contributed by atoms with Gasteiger partial charge in [0.1, 0.15) is 0 Å². The van der Waals surface area contributed by atoms with Gasteiger partial charge >= 0.3 is 24.7 Å². The fourth-order valence-corrected chi connectivity index (χ4v) is 10.4. The molecule has 252 valence electrons. The molecule has 6 unspecified atom stereocenters. The first-order chi connectivity index (χ1) is 19.0. The predicted molar refractivity (Wildman–Crippen MR) is 131 cm³/mol. The molecule has 2 N–H and O–H groups in total. The van der Waals surface area contributed by atoms with E-state index in [-0.39, 0.29) is 49.4 Å². The molecule has 4 aliphatic carbocycles. The number of rotatable bonds is 4. The van der Waals surface area contributed by atoms with Crippen LogP contribution in [0, 0.1) is 51.8 Å². The summed E-state index contributed by atoms with van der Waals surface area (Å²) in [7, 11) is 0. The molecule has 0 aliphatic heterocycles. The van der Waals surface area contributed by atoms with Crippen molar-refractivity contribution < 1.29 is 62.9 Å². The lowest BCUT2D eigenvalue weighted by molar-refractivity contribution is -0.373. The average molecular weight is 649 g/mol. The third kappa shape index (κ3) is 5.47. The average Bonchev–Trinajstić information content (AvgIpc) is 3.15. The number of hydrogen-bond acceptors (Lipinski definition) is 2. The second kappa shape index (κ2) is 10.0. The van der Waals surface area contributed by atoms with Gasteiger partial charge in [0.15, 0.2) is 0 Å². The molecule has 2 nitrogen and oxygen atoms in total. The standard InChI is InChI=1S/C29H40F12O2/c1-21(2)13-23(17-7-5-15(9-19(17)21)11-24(42,26(30,31)32)27(33,34)35)14-22(3,4)20-10-16(6-8-18(20)23)12-25(43,28(36,37)38)29(39,40)41/h15-20,42-43H,5-14H2,1-4H3. The lowest BCUT2D eigenvalue weighted by Gasteiger charge is -2.48. The van der Waals surface area contributed by atoms with Crippen LogP contribution >= 0.6 is 0 Å². The summed E-state index contributed by atoms with van der Waals surface area (Å²) in [4.78, 5) is 0. The molecule has 4 saturated carbocycles. The molecular weight excluding hydrogens is 608 g/mol. The molecule has 14 heteroatoms. The predicted octanol–water partition coefficient (Wildman–Crippen LogP) is 9.39. The van der Waals surface area contributed by atoms with E-state index in [2.05, 4.69) is 0 Å². The highest BCUT2D eigenvalue weighted by Crippen LogP contribution is 2.76. The first-order valence-corrected chi connectivity index (χ1v) is 14.7. The number of hydrogen-bond donors (Lipinski definition) is 2. The Morgan fingerprint density at radius 3 is 1.02 bits per heavy atom. The zero-order valence-corrected chi connectivity index (χ0v) is 24.5. The van der Waals surface area contributed by atoms with E-state index in [0.717, 1.165) is 0 Å². The molecule has 43 heavy (non-hydrogen) atoms. The zero-order chi connectivity index (χ0) is 33.0. The van der Waals surface area contributed by atoms with Crippen LogP contribution in [0.15, 0.2) is 0 Å². The number of halogens is 12. The molecule has 0 bridgehead atoms. The Balaban J connectivity index is 1.58. The Morgan fingerprint density at radius 1 is 0.488 bits per heavy atom. The van der Waals surface area contributed by atoms with Crippen molar-refractivity contribution >= 4 is 0 Å². The van der Waals surface area contributed by atoms with Crippen LogP contribution in [-0.4, -0.2) is 46.1 Å². The van der Waals surface area contributed by atoms with Crippen LogP contribution in [0.2, 0.25) is 0 Å². The maximum Gasteiger partial charge on any atom is 0.426 e. The molecule has 6 atom stereocenters. The topological polar surface area (TPSA) is 40.5 Å². The zero-order valence-electron chi connectivity index (χ0n) is 24.5. The van der Waals surface area contributed by atoms with Crippen LogP contribution in [0.5, 0.6) is 0 Å². The lowest BCUT2D eigenvalue weighted by Crippen LogP contribution is -2.58. The first-order valence-electron chi connectivity index (χ1n) is 14.7. The van der Waals surface area contributed by atoms with Crippen LogP contribution in [-0.2, 0) is 0 Å². The molecule has 1 spiro atoms. The van der Waals surface area contributed by atoms with Crippen molar-refractivity contribution in [1.82, 2.24) is 0 Å². The van der Waals surface area contributed by atoms with Gasteiger partial charge in [0.05, 0.1) is 0 Å². The summed E-state index contributed by atoms with van der Waals surface area (Å²) in [5.41, 5.74) is -11.1. The smallest absolute Gasteiger partial charge is 0.374 e. The Kier molecular flexibility index (Phi) is 8.16. The van der Waals surface area contributed by atoms with Crippen molar-refractivity contribution in [3.05, 3.63) is 0 Å². The molecule has 0 aromatic rings. The van der Waals surface area contributed by atoms with Crippen molar-refractivity contribution in [1.29, 1.82) is 0 Å². The third-order valence-corrected chi connectivity index (χ3v) is 12.0. The summed E-state index contributed by atoms with van der Waals surface area (Å²) >= 11 is 0. The first kappa shape index (κ1) is 34.9. The minimum atomic E-state index is -5.90. The van der Waals surface area contributed by atoms with Gasteiger partial charge in [-0.1, -0.05) is 40.5 Å². The minimum absolute atomic E-state index is 0.0398. The van der Waals surface area contributed by atoms with Gasteiger partial charge in [-0.3, -0.25) is 0 Å². The van der Waals surface area contributed by atoms with Gasteiger partial charge in [-0.25, -0.2) is 0 Å². The van der Waals surface area contributed by atoms with E-state index >= 15 is 0 Å². The summed E-state index contributed by atoms with van der Waals surface area (Å²) < 4.78 is 161.